The second-order valence-corrected chi connectivity index (χ2v) is 3.50. The minimum Gasteiger partial charge on any atom is -0.388 e. The molecule has 2 heterocycles. The van der Waals surface area contributed by atoms with Gasteiger partial charge in [0, 0.05) is 12.8 Å². The Balaban J connectivity index is 0.000000531. The molecule has 1 fully saturated rings. The highest BCUT2D eigenvalue weighted by Crippen LogP contribution is 2.20. The molecule has 0 aliphatic carbocycles. The van der Waals surface area contributed by atoms with Crippen LogP contribution in [0, 0.1) is 6.92 Å². The Morgan fingerprint density at radius 3 is 2.80 bits per heavy atom. The molecule has 0 amide bonds. The van der Waals surface area contributed by atoms with Crippen molar-refractivity contribution in [3.05, 3.63) is 18.0 Å². The van der Waals surface area contributed by atoms with Crippen LogP contribution in [-0.4, -0.2) is 34.2 Å². The Morgan fingerprint density at radius 1 is 1.53 bits per heavy atom. The lowest BCUT2D eigenvalue weighted by atomic mass is 10.1. The molecule has 0 radical (unpaired) electrons. The Morgan fingerprint density at radius 2 is 2.27 bits per heavy atom. The van der Waals surface area contributed by atoms with E-state index in [1.165, 1.54) is 0 Å². The van der Waals surface area contributed by atoms with E-state index >= 15 is 0 Å². The van der Waals surface area contributed by atoms with Crippen molar-refractivity contribution in [1.29, 1.82) is 0 Å². The van der Waals surface area contributed by atoms with Crippen LogP contribution >= 0.6 is 0 Å². The first-order valence-electron chi connectivity index (χ1n) is 5.54. The van der Waals surface area contributed by atoms with Crippen LogP contribution in [0.15, 0.2) is 12.4 Å². The van der Waals surface area contributed by atoms with E-state index < -0.39 is 6.10 Å². The number of rotatable bonds is 1. The highest BCUT2D eigenvalue weighted by atomic mass is 16.5. The summed E-state index contributed by atoms with van der Waals surface area (Å²) in [5.41, 5.74) is 1.12. The van der Waals surface area contributed by atoms with Crippen molar-refractivity contribution in [1.82, 2.24) is 9.78 Å². The van der Waals surface area contributed by atoms with Crippen molar-refractivity contribution in [3.8, 4) is 0 Å². The zero-order valence-electron chi connectivity index (χ0n) is 9.68. The second kappa shape index (κ2) is 5.88. The summed E-state index contributed by atoms with van der Waals surface area (Å²) in [6.07, 6.45) is 4.18. The lowest BCUT2D eigenvalue weighted by Gasteiger charge is -2.27. The van der Waals surface area contributed by atoms with E-state index in [9.17, 15) is 5.11 Å². The van der Waals surface area contributed by atoms with Gasteiger partial charge in [0.1, 0.15) is 0 Å². The van der Waals surface area contributed by atoms with Gasteiger partial charge in [-0.3, -0.25) is 4.68 Å². The van der Waals surface area contributed by atoms with Crippen LogP contribution in [0.25, 0.3) is 0 Å². The number of nitrogens with zero attached hydrogens (tertiary/aromatic N) is 2. The Hall–Kier alpha value is -0.870. The summed E-state index contributed by atoms with van der Waals surface area (Å²) >= 11 is 0. The van der Waals surface area contributed by atoms with Gasteiger partial charge >= 0.3 is 0 Å². The Bertz CT molecular complexity index is 286. The summed E-state index contributed by atoms with van der Waals surface area (Å²) in [5.74, 6) is 0. The third kappa shape index (κ3) is 3.04. The number of hydrogen-bond donors (Lipinski definition) is 1. The summed E-state index contributed by atoms with van der Waals surface area (Å²) in [7, 11) is 0. The van der Waals surface area contributed by atoms with Crippen LogP contribution in [0.4, 0.5) is 0 Å². The van der Waals surface area contributed by atoms with Gasteiger partial charge in [-0.05, 0) is 18.9 Å². The monoisotopic (exact) mass is 212 g/mol. The summed E-state index contributed by atoms with van der Waals surface area (Å²) in [6, 6.07) is 0.0856. The molecular weight excluding hydrogens is 192 g/mol. The van der Waals surface area contributed by atoms with Crippen molar-refractivity contribution in [2.75, 3.05) is 13.2 Å². The van der Waals surface area contributed by atoms with Crippen LogP contribution in [0.5, 0.6) is 0 Å². The van der Waals surface area contributed by atoms with E-state index in [0.29, 0.717) is 13.2 Å². The smallest absolute Gasteiger partial charge is 0.0997 e. The summed E-state index contributed by atoms with van der Waals surface area (Å²) < 4.78 is 6.98. The van der Waals surface area contributed by atoms with Gasteiger partial charge in [-0.25, -0.2) is 0 Å². The lowest BCUT2D eigenvalue weighted by Crippen LogP contribution is -2.34. The molecule has 0 aromatic carbocycles. The first-order chi connectivity index (χ1) is 7.27. The van der Waals surface area contributed by atoms with Crippen LogP contribution in [0.1, 0.15) is 31.9 Å². The molecule has 1 aliphatic heterocycles. The van der Waals surface area contributed by atoms with Gasteiger partial charge in [-0.1, -0.05) is 13.8 Å². The average Bonchev–Trinajstić information content (AvgIpc) is 2.68. The van der Waals surface area contributed by atoms with Crippen molar-refractivity contribution in [3.63, 3.8) is 0 Å². The van der Waals surface area contributed by atoms with E-state index in [-0.39, 0.29) is 6.04 Å². The van der Waals surface area contributed by atoms with Gasteiger partial charge in [-0.15, -0.1) is 0 Å². The van der Waals surface area contributed by atoms with E-state index in [1.807, 2.05) is 37.8 Å². The zero-order valence-corrected chi connectivity index (χ0v) is 9.68. The maximum Gasteiger partial charge on any atom is 0.0997 e. The summed E-state index contributed by atoms with van der Waals surface area (Å²) in [5, 5.41) is 13.8. The molecule has 2 atom stereocenters. The molecule has 15 heavy (non-hydrogen) atoms. The van der Waals surface area contributed by atoms with Gasteiger partial charge in [0.25, 0.3) is 0 Å². The fraction of sp³-hybridized carbons (Fsp3) is 0.727. The highest BCUT2D eigenvalue weighted by molar-refractivity contribution is 5.01. The molecular formula is C11H20N2O2. The van der Waals surface area contributed by atoms with Crippen molar-refractivity contribution in [2.24, 2.45) is 0 Å². The SMILES string of the molecule is CC.Cc1cnn(C2CCOCC2O)c1. The van der Waals surface area contributed by atoms with Crippen molar-refractivity contribution in [2.45, 2.75) is 39.3 Å². The standard InChI is InChI=1S/C9H14N2O2.C2H6/c1-7-4-10-11(5-7)8-2-3-13-6-9(8)12;1-2/h4-5,8-9,12H,2-3,6H2,1H3;1-2H3. The molecule has 86 valence electrons. The first-order valence-corrected chi connectivity index (χ1v) is 5.54. The summed E-state index contributed by atoms with van der Waals surface area (Å²) in [6.45, 7) is 7.12. The van der Waals surface area contributed by atoms with Crippen molar-refractivity contribution >= 4 is 0 Å². The fourth-order valence-corrected chi connectivity index (χ4v) is 1.63. The largest absolute Gasteiger partial charge is 0.388 e. The van der Waals surface area contributed by atoms with E-state index in [2.05, 4.69) is 5.10 Å². The molecule has 1 aromatic rings. The van der Waals surface area contributed by atoms with Crippen LogP contribution < -0.4 is 0 Å². The molecule has 0 spiro atoms. The fourth-order valence-electron chi connectivity index (χ4n) is 1.63. The molecule has 1 N–H and O–H groups in total. The lowest BCUT2D eigenvalue weighted by molar-refractivity contribution is -0.0416. The second-order valence-electron chi connectivity index (χ2n) is 3.50. The predicted molar refractivity (Wildman–Crippen MR) is 58.8 cm³/mol. The molecule has 1 aliphatic rings. The van der Waals surface area contributed by atoms with Crippen LogP contribution in [0.2, 0.25) is 0 Å². The maximum atomic E-state index is 9.65. The molecule has 4 nitrogen and oxygen atoms in total. The molecule has 2 rings (SSSR count). The molecule has 1 saturated heterocycles. The summed E-state index contributed by atoms with van der Waals surface area (Å²) in [4.78, 5) is 0. The Labute approximate surface area is 90.9 Å². The highest BCUT2D eigenvalue weighted by Gasteiger charge is 2.25. The van der Waals surface area contributed by atoms with Gasteiger partial charge < -0.3 is 9.84 Å². The van der Waals surface area contributed by atoms with E-state index in [4.69, 9.17) is 4.74 Å². The number of aliphatic hydroxyl groups excluding tert-OH is 1. The normalized spacial score (nSPS) is 25.6. The molecule has 1 aromatic heterocycles. The number of aromatic nitrogens is 2. The molecule has 4 heteroatoms. The minimum atomic E-state index is -0.423. The van der Waals surface area contributed by atoms with Crippen LogP contribution in [0.3, 0.4) is 0 Å². The average molecular weight is 212 g/mol. The number of hydrogen-bond acceptors (Lipinski definition) is 3. The molecule has 0 bridgehead atoms. The van der Waals surface area contributed by atoms with Crippen molar-refractivity contribution < 1.29 is 9.84 Å². The third-order valence-electron chi connectivity index (χ3n) is 2.36. The van der Waals surface area contributed by atoms with E-state index in [0.717, 1.165) is 12.0 Å². The Kier molecular flexibility index (Phi) is 4.78. The number of aryl methyl sites for hydroxylation is 1. The molecule has 2 unspecified atom stereocenters. The van der Waals surface area contributed by atoms with Gasteiger partial charge in [0.05, 0.1) is 24.9 Å². The number of ether oxygens (including phenoxy) is 1. The predicted octanol–water partition coefficient (Wildman–Crippen LogP) is 1.54. The zero-order chi connectivity index (χ0) is 11.3. The van der Waals surface area contributed by atoms with Gasteiger partial charge in [0.2, 0.25) is 0 Å². The van der Waals surface area contributed by atoms with Gasteiger partial charge in [-0.2, -0.15) is 5.10 Å². The minimum absolute atomic E-state index is 0.0856. The van der Waals surface area contributed by atoms with E-state index in [1.54, 1.807) is 0 Å². The number of aliphatic hydroxyl groups is 1. The maximum absolute atomic E-state index is 9.65. The van der Waals surface area contributed by atoms with Crippen LogP contribution in [-0.2, 0) is 4.74 Å². The topological polar surface area (TPSA) is 47.3 Å². The third-order valence-corrected chi connectivity index (χ3v) is 2.36. The van der Waals surface area contributed by atoms with Gasteiger partial charge in [0.15, 0.2) is 0 Å². The molecule has 0 saturated carbocycles. The quantitative estimate of drug-likeness (QED) is 0.768. The first kappa shape index (κ1) is 12.2.